The largest absolute Gasteiger partial charge is 0.389 e. The number of alkyl halides is 1. The fraction of sp³-hybridized carbons (Fsp3) is 0.750. The summed E-state index contributed by atoms with van der Waals surface area (Å²) >= 11 is 0. The molecular formula is C24H38FNO. The van der Waals surface area contributed by atoms with Crippen LogP contribution in [0.25, 0.3) is 0 Å². The monoisotopic (exact) mass is 374 g/mol. The highest BCUT2D eigenvalue weighted by atomic mass is 18.2. The van der Waals surface area contributed by atoms with E-state index in [4.69, 9.17) is 0 Å². The van der Waals surface area contributed by atoms with Crippen molar-refractivity contribution in [1.29, 1.82) is 0 Å². The minimum absolute atomic E-state index is 0.185. The molecular weight excluding hydrogens is 336 g/mol. The number of hydrogen-bond acceptors (Lipinski definition) is 2. The van der Waals surface area contributed by atoms with Gasteiger partial charge in [0.1, 0.15) is 0 Å². The SMILES string of the molecule is CCCCc1ccc2c(c1)[C@H]1C[C@](O)(CC[18F])[C@H](CC(C)CC)CN1CC2. The van der Waals surface area contributed by atoms with Crippen molar-refractivity contribution in [1.82, 2.24) is 4.90 Å². The smallest absolute Gasteiger partial charge is 0.0922 e. The van der Waals surface area contributed by atoms with Crippen LogP contribution in [0.2, 0.25) is 0 Å². The Morgan fingerprint density at radius 1 is 1.33 bits per heavy atom. The molecule has 1 aromatic rings. The normalized spacial score (nSPS) is 29.2. The van der Waals surface area contributed by atoms with Gasteiger partial charge in [0.25, 0.3) is 0 Å². The number of halogens is 1. The van der Waals surface area contributed by atoms with Gasteiger partial charge in [0, 0.05) is 31.5 Å². The number of benzene rings is 1. The van der Waals surface area contributed by atoms with Crippen LogP contribution in [0.1, 0.15) is 82.0 Å². The fourth-order valence-electron chi connectivity index (χ4n) is 5.16. The molecule has 0 radical (unpaired) electrons. The zero-order valence-corrected chi connectivity index (χ0v) is 17.5. The topological polar surface area (TPSA) is 23.5 Å². The summed E-state index contributed by atoms with van der Waals surface area (Å²) in [7, 11) is 0. The number of nitrogens with zero attached hydrogens (tertiary/aromatic N) is 1. The van der Waals surface area contributed by atoms with Crippen molar-refractivity contribution in [2.45, 2.75) is 83.8 Å². The van der Waals surface area contributed by atoms with Gasteiger partial charge in [-0.3, -0.25) is 9.29 Å². The lowest BCUT2D eigenvalue weighted by atomic mass is 9.69. The molecule has 2 nitrogen and oxygen atoms in total. The van der Waals surface area contributed by atoms with E-state index in [1.807, 2.05) is 0 Å². The first-order valence-electron chi connectivity index (χ1n) is 11.1. The van der Waals surface area contributed by atoms with Gasteiger partial charge in [-0.1, -0.05) is 51.8 Å². The summed E-state index contributed by atoms with van der Waals surface area (Å²) in [5, 5.41) is 11.5. The molecule has 0 bridgehead atoms. The number of fused-ring (bicyclic) bond motifs is 3. The van der Waals surface area contributed by atoms with E-state index in [2.05, 4.69) is 43.9 Å². The molecule has 1 unspecified atom stereocenters. The molecule has 2 aliphatic heterocycles. The van der Waals surface area contributed by atoms with E-state index in [1.54, 1.807) is 0 Å². The third kappa shape index (κ3) is 4.56. The summed E-state index contributed by atoms with van der Waals surface area (Å²) in [5.74, 6) is 0.764. The van der Waals surface area contributed by atoms with Crippen molar-refractivity contribution in [3.63, 3.8) is 0 Å². The van der Waals surface area contributed by atoms with Crippen LogP contribution in [0, 0.1) is 11.8 Å². The van der Waals surface area contributed by atoms with E-state index in [0.717, 1.165) is 38.8 Å². The number of aliphatic hydroxyl groups is 1. The summed E-state index contributed by atoms with van der Waals surface area (Å²) in [4.78, 5) is 2.58. The minimum Gasteiger partial charge on any atom is -0.389 e. The first-order chi connectivity index (χ1) is 13.0. The zero-order chi connectivity index (χ0) is 19.4. The summed E-state index contributed by atoms with van der Waals surface area (Å²) in [6.45, 7) is 8.24. The third-order valence-electron chi connectivity index (χ3n) is 7.17. The summed E-state index contributed by atoms with van der Waals surface area (Å²) in [5.41, 5.74) is 3.37. The summed E-state index contributed by atoms with van der Waals surface area (Å²) in [6.07, 6.45) is 7.73. The highest BCUT2D eigenvalue weighted by molar-refractivity contribution is 5.37. The van der Waals surface area contributed by atoms with Gasteiger partial charge in [-0.15, -0.1) is 0 Å². The fourth-order valence-corrected chi connectivity index (χ4v) is 5.16. The number of unbranched alkanes of at least 4 members (excludes halogenated alkanes) is 1. The molecule has 4 atom stereocenters. The van der Waals surface area contributed by atoms with Crippen molar-refractivity contribution in [3.8, 4) is 0 Å². The molecule has 0 spiro atoms. The third-order valence-corrected chi connectivity index (χ3v) is 7.17. The van der Waals surface area contributed by atoms with Gasteiger partial charge in [-0.25, -0.2) is 0 Å². The lowest BCUT2D eigenvalue weighted by molar-refractivity contribution is -0.111. The maximum atomic E-state index is 13.4. The second-order valence-corrected chi connectivity index (χ2v) is 9.09. The molecule has 3 heteroatoms. The Morgan fingerprint density at radius 2 is 2.15 bits per heavy atom. The predicted molar refractivity (Wildman–Crippen MR) is 111 cm³/mol. The van der Waals surface area contributed by atoms with Crippen LogP contribution < -0.4 is 0 Å². The van der Waals surface area contributed by atoms with Crippen molar-refractivity contribution in [2.75, 3.05) is 19.8 Å². The molecule has 27 heavy (non-hydrogen) atoms. The second-order valence-electron chi connectivity index (χ2n) is 9.09. The molecule has 3 rings (SSSR count). The van der Waals surface area contributed by atoms with E-state index in [9.17, 15) is 9.50 Å². The Morgan fingerprint density at radius 3 is 2.85 bits per heavy atom. The lowest BCUT2D eigenvalue weighted by Gasteiger charge is -2.52. The summed E-state index contributed by atoms with van der Waals surface area (Å²) < 4.78 is 13.4. The molecule has 0 aromatic heterocycles. The van der Waals surface area contributed by atoms with E-state index in [0.29, 0.717) is 12.3 Å². The van der Waals surface area contributed by atoms with Gasteiger partial charge in [-0.2, -0.15) is 0 Å². The quantitative estimate of drug-likeness (QED) is 0.652. The van der Waals surface area contributed by atoms with E-state index in [1.165, 1.54) is 29.5 Å². The molecule has 152 valence electrons. The van der Waals surface area contributed by atoms with Crippen LogP contribution in [0.5, 0.6) is 0 Å². The standard InChI is InChI=1S/C24H38FNO/c1-4-6-7-19-8-9-20-10-13-26-17-21(14-18(3)5-2)24(27,11-12-25)16-23(26)22(20)15-19/h8-9,15,18,21,23,27H,4-7,10-14,16-17H2,1-3H3/t18?,21-,23-,24-/m1/s1/i25-1. The average molecular weight is 375 g/mol. The molecule has 0 aliphatic carbocycles. The molecule has 1 aromatic carbocycles. The first kappa shape index (κ1) is 20.8. The van der Waals surface area contributed by atoms with Gasteiger partial charge < -0.3 is 5.11 Å². The minimum atomic E-state index is -0.868. The number of aryl methyl sites for hydroxylation is 1. The Kier molecular flexibility index (Phi) is 6.97. The van der Waals surface area contributed by atoms with Crippen LogP contribution in [0.15, 0.2) is 18.2 Å². The maximum Gasteiger partial charge on any atom is 0.0922 e. The Balaban J connectivity index is 1.86. The Hall–Kier alpha value is -0.930. The maximum absolute atomic E-state index is 13.4. The zero-order valence-electron chi connectivity index (χ0n) is 17.5. The number of rotatable bonds is 8. The van der Waals surface area contributed by atoms with E-state index >= 15 is 0 Å². The number of piperidine rings is 1. The highest BCUT2D eigenvalue weighted by Gasteiger charge is 2.47. The average Bonchev–Trinajstić information content (AvgIpc) is 2.67. The van der Waals surface area contributed by atoms with Crippen LogP contribution >= 0.6 is 0 Å². The van der Waals surface area contributed by atoms with Crippen molar-refractivity contribution >= 4 is 0 Å². The highest BCUT2D eigenvalue weighted by Crippen LogP contribution is 2.46. The molecule has 1 fully saturated rings. The van der Waals surface area contributed by atoms with Gasteiger partial charge in [0.2, 0.25) is 0 Å². The van der Waals surface area contributed by atoms with Crippen molar-refractivity contribution < 1.29 is 9.50 Å². The lowest BCUT2D eigenvalue weighted by Crippen LogP contribution is -2.55. The predicted octanol–water partition coefficient (Wildman–Crippen LogP) is 5.48. The van der Waals surface area contributed by atoms with Crippen molar-refractivity contribution in [3.05, 3.63) is 34.9 Å². The molecule has 1 N–H and O–H groups in total. The summed E-state index contributed by atoms with van der Waals surface area (Å²) in [6, 6.07) is 7.22. The Bertz CT molecular complexity index is 618. The molecule has 0 saturated carbocycles. The molecule has 1 saturated heterocycles. The van der Waals surface area contributed by atoms with Crippen LogP contribution in [0.4, 0.5) is 4.39 Å². The van der Waals surface area contributed by atoms with Gasteiger partial charge in [-0.05, 0) is 54.7 Å². The number of hydrogen-bond donors (Lipinski definition) is 1. The van der Waals surface area contributed by atoms with Gasteiger partial charge in [0.05, 0.1) is 12.3 Å². The van der Waals surface area contributed by atoms with Crippen molar-refractivity contribution in [2.24, 2.45) is 11.8 Å². The molecule has 2 heterocycles. The van der Waals surface area contributed by atoms with E-state index in [-0.39, 0.29) is 18.4 Å². The first-order valence-corrected chi connectivity index (χ1v) is 11.1. The van der Waals surface area contributed by atoms with Crippen LogP contribution in [0.3, 0.4) is 0 Å². The second kappa shape index (κ2) is 9.05. The van der Waals surface area contributed by atoms with E-state index < -0.39 is 12.3 Å². The van der Waals surface area contributed by atoms with Gasteiger partial charge in [0.15, 0.2) is 0 Å². The Labute approximate surface area is 165 Å². The van der Waals surface area contributed by atoms with Gasteiger partial charge >= 0.3 is 0 Å². The molecule has 0 amide bonds. The molecule has 2 aliphatic rings. The van der Waals surface area contributed by atoms with Crippen LogP contribution in [-0.4, -0.2) is 35.4 Å². The van der Waals surface area contributed by atoms with Crippen LogP contribution in [-0.2, 0) is 12.8 Å².